The minimum Gasteiger partial charge on any atom is -0.0700 e. The Morgan fingerprint density at radius 2 is 1.16 bits per heavy atom. The molecule has 0 saturated heterocycles. The molecule has 0 fully saturated rings. The molecule has 0 unspecified atom stereocenters. The van der Waals surface area contributed by atoms with Crippen LogP contribution < -0.4 is 10.4 Å². The first kappa shape index (κ1) is 17.9. The highest BCUT2D eigenvalue weighted by molar-refractivity contribution is 6.91. The van der Waals surface area contributed by atoms with Gasteiger partial charge in [-0.15, -0.1) is 0 Å². The molecule has 25 heavy (non-hydrogen) atoms. The van der Waals surface area contributed by atoms with E-state index >= 15 is 0 Å². The lowest BCUT2D eigenvalue weighted by Gasteiger charge is -2.21. The van der Waals surface area contributed by atoms with Gasteiger partial charge in [0, 0.05) is 0 Å². The molecule has 0 spiro atoms. The molecule has 0 atom stereocenters. The molecule has 0 amide bonds. The smallest absolute Gasteiger partial charge is 0.0700 e. The van der Waals surface area contributed by atoms with Crippen LogP contribution in [0.1, 0.15) is 48.9 Å². The molecule has 1 aliphatic rings. The standard InChI is InChI=1S/C24H30Si/c1-7-21-15-24(14-20(21)6)25(22-10-16(2)8-17(3)11-22)23-12-18(4)9-19(5)13-23/h8-13,15,25H,7,14H2,1-6H3. The molecule has 2 aromatic carbocycles. The van der Waals surface area contributed by atoms with E-state index in [4.69, 9.17) is 0 Å². The SMILES string of the molecule is CCC1=C(C)CC([SiH](c2cc(C)cc(C)c2)c2cc(C)cc(C)c2)=C1. The van der Waals surface area contributed by atoms with E-state index in [0.29, 0.717) is 0 Å². The predicted octanol–water partition coefficient (Wildman–Crippen LogP) is 4.86. The summed E-state index contributed by atoms with van der Waals surface area (Å²) in [5, 5.41) is 4.82. The molecule has 2 aromatic rings. The van der Waals surface area contributed by atoms with Crippen LogP contribution in [0, 0.1) is 27.7 Å². The average Bonchev–Trinajstić information content (AvgIpc) is 2.86. The summed E-state index contributed by atoms with van der Waals surface area (Å²) in [5.74, 6) is 0. The number of aryl methyl sites for hydroxylation is 4. The highest BCUT2D eigenvalue weighted by Gasteiger charge is 2.25. The van der Waals surface area contributed by atoms with Gasteiger partial charge in [-0.2, -0.15) is 0 Å². The van der Waals surface area contributed by atoms with E-state index < -0.39 is 8.80 Å². The Kier molecular flexibility index (Phi) is 5.15. The number of hydrogen-bond acceptors (Lipinski definition) is 0. The van der Waals surface area contributed by atoms with Crippen LogP contribution in [0.4, 0.5) is 0 Å². The monoisotopic (exact) mass is 346 g/mol. The molecular weight excluding hydrogens is 316 g/mol. The molecule has 0 bridgehead atoms. The first-order chi connectivity index (χ1) is 11.9. The van der Waals surface area contributed by atoms with Gasteiger partial charge in [-0.25, -0.2) is 0 Å². The van der Waals surface area contributed by atoms with Crippen molar-refractivity contribution < 1.29 is 0 Å². The second kappa shape index (κ2) is 7.17. The van der Waals surface area contributed by atoms with Gasteiger partial charge in [-0.3, -0.25) is 0 Å². The Morgan fingerprint density at radius 1 is 0.720 bits per heavy atom. The quantitative estimate of drug-likeness (QED) is 0.694. The van der Waals surface area contributed by atoms with Crippen LogP contribution in [0.5, 0.6) is 0 Å². The summed E-state index contributed by atoms with van der Waals surface area (Å²) >= 11 is 0. The maximum absolute atomic E-state index is 2.53. The van der Waals surface area contributed by atoms with Crippen LogP contribution in [0.3, 0.4) is 0 Å². The van der Waals surface area contributed by atoms with Crippen molar-refractivity contribution in [1.29, 1.82) is 0 Å². The zero-order valence-corrected chi connectivity index (χ0v) is 17.7. The van der Waals surface area contributed by atoms with Gasteiger partial charge in [0.05, 0.1) is 0 Å². The van der Waals surface area contributed by atoms with Gasteiger partial charge in [0.2, 0.25) is 0 Å². The van der Waals surface area contributed by atoms with Crippen LogP contribution in [-0.4, -0.2) is 8.80 Å². The second-order valence-corrected chi connectivity index (χ2v) is 10.8. The third-order valence-corrected chi connectivity index (χ3v) is 8.40. The molecular formula is C24H30Si. The molecule has 0 saturated carbocycles. The third kappa shape index (κ3) is 3.87. The van der Waals surface area contributed by atoms with Crippen LogP contribution in [-0.2, 0) is 0 Å². The molecule has 1 aliphatic carbocycles. The molecule has 130 valence electrons. The van der Waals surface area contributed by atoms with Crippen LogP contribution in [0.2, 0.25) is 0 Å². The van der Waals surface area contributed by atoms with E-state index in [1.54, 1.807) is 26.7 Å². The average molecular weight is 347 g/mol. The summed E-state index contributed by atoms with van der Waals surface area (Å²) in [7, 11) is -1.39. The lowest BCUT2D eigenvalue weighted by Crippen LogP contribution is -2.44. The number of allylic oxidation sites excluding steroid dienone is 4. The molecule has 0 N–H and O–H groups in total. The number of hydrogen-bond donors (Lipinski definition) is 0. The maximum atomic E-state index is 2.53. The van der Waals surface area contributed by atoms with Crippen molar-refractivity contribution in [3.63, 3.8) is 0 Å². The normalized spacial score (nSPS) is 14.4. The first-order valence-electron chi connectivity index (χ1n) is 9.43. The Balaban J connectivity index is 2.15. The van der Waals surface area contributed by atoms with E-state index in [1.807, 2.05) is 0 Å². The Hall–Kier alpha value is -1.86. The van der Waals surface area contributed by atoms with Crippen LogP contribution >= 0.6 is 0 Å². The lowest BCUT2D eigenvalue weighted by molar-refractivity contribution is 1.10. The molecule has 0 heterocycles. The summed E-state index contributed by atoms with van der Waals surface area (Å²) in [5.41, 5.74) is 8.67. The fourth-order valence-corrected chi connectivity index (χ4v) is 8.22. The summed E-state index contributed by atoms with van der Waals surface area (Å²) in [6.07, 6.45) is 4.84. The van der Waals surface area contributed by atoms with Crippen molar-refractivity contribution in [3.05, 3.63) is 81.1 Å². The van der Waals surface area contributed by atoms with Gasteiger partial charge in [-0.05, 0) is 53.0 Å². The minimum absolute atomic E-state index is 1.15. The third-order valence-electron chi connectivity index (χ3n) is 5.28. The van der Waals surface area contributed by atoms with Gasteiger partial charge in [0.25, 0.3) is 0 Å². The van der Waals surface area contributed by atoms with Crippen molar-refractivity contribution >= 4 is 19.2 Å². The Bertz CT molecular complexity index is 776. The van der Waals surface area contributed by atoms with Crippen LogP contribution in [0.25, 0.3) is 0 Å². The fraction of sp³-hybridized carbons (Fsp3) is 0.333. The molecule has 0 aliphatic heterocycles. The van der Waals surface area contributed by atoms with E-state index in [1.165, 1.54) is 28.7 Å². The molecule has 1 heteroatoms. The topological polar surface area (TPSA) is 0 Å². The molecule has 0 aromatic heterocycles. The van der Waals surface area contributed by atoms with E-state index in [9.17, 15) is 0 Å². The highest BCUT2D eigenvalue weighted by atomic mass is 28.3. The van der Waals surface area contributed by atoms with Crippen LogP contribution in [0.15, 0.2) is 58.8 Å². The summed E-state index contributed by atoms with van der Waals surface area (Å²) < 4.78 is 0. The zero-order valence-electron chi connectivity index (χ0n) is 16.5. The molecule has 3 rings (SSSR count). The zero-order chi connectivity index (χ0) is 18.1. The Labute approximate surface area is 154 Å². The van der Waals surface area contributed by atoms with Gasteiger partial charge in [0.15, 0.2) is 0 Å². The summed E-state index contributed by atoms with van der Waals surface area (Å²) in [4.78, 5) is 0. The van der Waals surface area contributed by atoms with Gasteiger partial charge < -0.3 is 0 Å². The van der Waals surface area contributed by atoms with Crippen molar-refractivity contribution in [1.82, 2.24) is 0 Å². The van der Waals surface area contributed by atoms with Gasteiger partial charge in [-0.1, -0.05) is 92.8 Å². The van der Waals surface area contributed by atoms with Gasteiger partial charge in [0.1, 0.15) is 8.80 Å². The molecule has 0 radical (unpaired) electrons. The largest absolute Gasteiger partial charge is 0.128 e. The fourth-order valence-electron chi connectivity index (χ4n) is 4.38. The number of rotatable bonds is 4. The number of benzene rings is 2. The minimum atomic E-state index is -1.39. The van der Waals surface area contributed by atoms with Crippen molar-refractivity contribution in [3.8, 4) is 0 Å². The summed E-state index contributed by atoms with van der Waals surface area (Å²) in [6.45, 7) is 13.5. The highest BCUT2D eigenvalue weighted by Crippen LogP contribution is 2.29. The van der Waals surface area contributed by atoms with E-state index in [2.05, 4.69) is 84.0 Å². The van der Waals surface area contributed by atoms with Crippen molar-refractivity contribution in [2.45, 2.75) is 54.4 Å². The second-order valence-electron chi connectivity index (χ2n) is 7.83. The van der Waals surface area contributed by atoms with E-state index in [0.717, 1.165) is 6.42 Å². The van der Waals surface area contributed by atoms with Gasteiger partial charge >= 0.3 is 0 Å². The molecule has 0 nitrogen and oxygen atoms in total. The summed E-state index contributed by atoms with van der Waals surface area (Å²) in [6, 6.07) is 14.3. The van der Waals surface area contributed by atoms with E-state index in [-0.39, 0.29) is 0 Å². The van der Waals surface area contributed by atoms with Crippen molar-refractivity contribution in [2.75, 3.05) is 0 Å². The predicted molar refractivity (Wildman–Crippen MR) is 114 cm³/mol. The maximum Gasteiger partial charge on any atom is 0.128 e. The first-order valence-corrected chi connectivity index (χ1v) is 11.2. The lowest BCUT2D eigenvalue weighted by atomic mass is 10.1. The Morgan fingerprint density at radius 3 is 1.52 bits per heavy atom. The van der Waals surface area contributed by atoms with Crippen molar-refractivity contribution in [2.24, 2.45) is 0 Å².